The van der Waals surface area contributed by atoms with E-state index in [0.717, 1.165) is 25.7 Å². The molecule has 2 aliphatic heterocycles. The smallest absolute Gasteiger partial charge is 0.130 e. The maximum absolute atomic E-state index is 11.7. The molecular weight excluding hydrogens is 400 g/mol. The lowest BCUT2D eigenvalue weighted by molar-refractivity contribution is -0.0911. The molecule has 2 N–H and O–H groups in total. The van der Waals surface area contributed by atoms with Crippen molar-refractivity contribution in [3.05, 3.63) is 12.2 Å². The Morgan fingerprint density at radius 3 is 2.41 bits per heavy atom. The SMILES string of the molecule is CC(C)[C@@H](C)/C=C/[C@@H](C)[C@H]1CC[C@@H]2[C@]1(C)CC[C@@]13O[C@@]21[C@H](O)[C@@H]1O[C@@]12C[C@@H](O)CC[C@]32C. The maximum Gasteiger partial charge on any atom is 0.130 e. The van der Waals surface area contributed by atoms with E-state index in [9.17, 15) is 10.2 Å². The number of hydrogen-bond acceptors (Lipinski definition) is 4. The van der Waals surface area contributed by atoms with Crippen molar-refractivity contribution < 1.29 is 19.7 Å². The highest BCUT2D eigenvalue weighted by molar-refractivity contribution is 5.44. The second kappa shape index (κ2) is 6.42. The van der Waals surface area contributed by atoms with Gasteiger partial charge in [-0.2, -0.15) is 0 Å². The van der Waals surface area contributed by atoms with E-state index < -0.39 is 11.7 Å². The van der Waals surface area contributed by atoms with Gasteiger partial charge in [-0.15, -0.1) is 0 Å². The van der Waals surface area contributed by atoms with Crippen molar-refractivity contribution in [2.45, 2.75) is 122 Å². The number of hydrogen-bond donors (Lipinski definition) is 2. The molecule has 0 aromatic rings. The average Bonchev–Trinajstić information content (AvgIpc) is 3.61. The number of allylic oxidation sites excluding steroid dienone is 2. The van der Waals surface area contributed by atoms with Gasteiger partial charge in [0, 0.05) is 11.8 Å². The van der Waals surface area contributed by atoms with Gasteiger partial charge in [-0.05, 0) is 73.5 Å². The zero-order valence-electron chi connectivity index (χ0n) is 20.9. The van der Waals surface area contributed by atoms with Crippen LogP contribution in [0.1, 0.15) is 86.5 Å². The Balaban J connectivity index is 1.32. The summed E-state index contributed by atoms with van der Waals surface area (Å²) in [6.07, 6.45) is 10.9. The summed E-state index contributed by atoms with van der Waals surface area (Å²) in [7, 11) is 0. The summed E-state index contributed by atoms with van der Waals surface area (Å²) in [6.45, 7) is 14.2. The Kier molecular flexibility index (Phi) is 4.42. The third-order valence-electron chi connectivity index (χ3n) is 12.1. The van der Waals surface area contributed by atoms with Crippen molar-refractivity contribution in [2.75, 3.05) is 0 Å². The molecule has 4 aliphatic carbocycles. The summed E-state index contributed by atoms with van der Waals surface area (Å²) in [4.78, 5) is 0. The molecule has 32 heavy (non-hydrogen) atoms. The number of epoxide rings is 2. The fraction of sp³-hybridized carbons (Fsp3) is 0.929. The average molecular weight is 445 g/mol. The van der Waals surface area contributed by atoms with Crippen molar-refractivity contribution in [2.24, 2.45) is 40.4 Å². The van der Waals surface area contributed by atoms with Crippen LogP contribution in [0, 0.1) is 40.4 Å². The highest BCUT2D eigenvalue weighted by Gasteiger charge is 2.97. The molecule has 12 atom stereocenters. The van der Waals surface area contributed by atoms with Crippen LogP contribution in [0.3, 0.4) is 0 Å². The molecule has 0 amide bonds. The molecule has 4 nitrogen and oxygen atoms in total. The quantitative estimate of drug-likeness (QED) is 0.480. The minimum atomic E-state index is -0.559. The third-order valence-corrected chi connectivity index (χ3v) is 12.1. The minimum absolute atomic E-state index is 0.0965. The molecule has 180 valence electrons. The van der Waals surface area contributed by atoms with Gasteiger partial charge in [-0.3, -0.25) is 0 Å². The van der Waals surface area contributed by atoms with Crippen LogP contribution in [0.15, 0.2) is 12.2 Å². The molecule has 0 radical (unpaired) electrons. The summed E-state index contributed by atoms with van der Waals surface area (Å²) in [5.41, 5.74) is -0.979. The van der Waals surface area contributed by atoms with Gasteiger partial charge in [0.25, 0.3) is 0 Å². The lowest BCUT2D eigenvalue weighted by atomic mass is 9.43. The largest absolute Gasteiger partial charge is 0.393 e. The maximum atomic E-state index is 11.7. The van der Waals surface area contributed by atoms with E-state index in [2.05, 4.69) is 53.7 Å². The number of fused-ring (bicyclic) bond motifs is 1. The summed E-state index contributed by atoms with van der Waals surface area (Å²) < 4.78 is 13.3. The molecule has 2 heterocycles. The Labute approximate surface area is 194 Å². The van der Waals surface area contributed by atoms with E-state index in [1.807, 2.05) is 0 Å². The molecule has 1 spiro atoms. The highest BCUT2D eigenvalue weighted by atomic mass is 16.7. The van der Waals surface area contributed by atoms with E-state index in [4.69, 9.17) is 9.47 Å². The van der Waals surface area contributed by atoms with Gasteiger partial charge in [0.2, 0.25) is 0 Å². The summed E-state index contributed by atoms with van der Waals surface area (Å²) in [5.74, 6) is 2.86. The normalized spacial score (nSPS) is 59.6. The van der Waals surface area contributed by atoms with Crippen molar-refractivity contribution in [3.8, 4) is 0 Å². The van der Waals surface area contributed by atoms with Crippen LogP contribution in [0.2, 0.25) is 0 Å². The lowest BCUT2D eigenvalue weighted by Gasteiger charge is -2.56. The predicted molar refractivity (Wildman–Crippen MR) is 124 cm³/mol. The van der Waals surface area contributed by atoms with Gasteiger partial charge in [0.15, 0.2) is 0 Å². The molecule has 0 bridgehead atoms. The molecule has 0 unspecified atom stereocenters. The number of aliphatic hydroxyl groups excluding tert-OH is 2. The van der Waals surface area contributed by atoms with E-state index in [-0.39, 0.29) is 34.2 Å². The van der Waals surface area contributed by atoms with Gasteiger partial charge in [0.1, 0.15) is 29.0 Å². The first-order valence-corrected chi connectivity index (χ1v) is 13.4. The Hall–Kier alpha value is -0.420. The van der Waals surface area contributed by atoms with E-state index in [1.54, 1.807) is 0 Å². The number of rotatable bonds is 4. The van der Waals surface area contributed by atoms with Gasteiger partial charge in [-0.25, -0.2) is 0 Å². The monoisotopic (exact) mass is 444 g/mol. The third kappa shape index (κ3) is 2.25. The van der Waals surface area contributed by atoms with Gasteiger partial charge < -0.3 is 19.7 Å². The molecular formula is C28H44O4. The standard InChI is InChI=1S/C28H44O4/c1-16(2)17(3)7-8-18(4)20-9-10-21-24(20,5)13-14-27-25(6)12-11-19(29)15-26(25)23(31-26)22(30)28(21,27)32-27/h7-8,16-23,29-30H,9-15H2,1-6H3/b8-7+/t17-,18+,19-,20+,21+,22+,23-,24+,25-,26-,27-,28+/m0/s1. The van der Waals surface area contributed by atoms with Crippen molar-refractivity contribution in [1.82, 2.24) is 0 Å². The van der Waals surface area contributed by atoms with Crippen LogP contribution in [0.25, 0.3) is 0 Å². The topological polar surface area (TPSA) is 65.5 Å². The molecule has 2 saturated heterocycles. The van der Waals surface area contributed by atoms with Crippen molar-refractivity contribution in [3.63, 3.8) is 0 Å². The Bertz CT molecular complexity index is 839. The first-order chi connectivity index (χ1) is 15.0. The van der Waals surface area contributed by atoms with Gasteiger partial charge >= 0.3 is 0 Å². The van der Waals surface area contributed by atoms with Crippen LogP contribution < -0.4 is 0 Å². The zero-order chi connectivity index (χ0) is 22.9. The van der Waals surface area contributed by atoms with Crippen LogP contribution in [-0.4, -0.2) is 45.3 Å². The van der Waals surface area contributed by atoms with Crippen LogP contribution in [-0.2, 0) is 9.47 Å². The fourth-order valence-corrected chi connectivity index (χ4v) is 9.76. The van der Waals surface area contributed by atoms with E-state index in [0.29, 0.717) is 36.0 Å². The van der Waals surface area contributed by atoms with Gasteiger partial charge in [-0.1, -0.05) is 53.7 Å². The second-order valence-electron chi connectivity index (χ2n) is 13.4. The number of ether oxygens (including phenoxy) is 2. The first-order valence-electron chi connectivity index (χ1n) is 13.4. The van der Waals surface area contributed by atoms with E-state index in [1.165, 1.54) is 12.8 Å². The highest BCUT2D eigenvalue weighted by Crippen LogP contribution is 2.85. The van der Waals surface area contributed by atoms with Crippen LogP contribution >= 0.6 is 0 Å². The first kappa shape index (κ1) is 22.1. The molecule has 0 aromatic heterocycles. The van der Waals surface area contributed by atoms with Gasteiger partial charge in [0.05, 0.1) is 6.10 Å². The molecule has 6 rings (SSSR count). The summed E-state index contributed by atoms with van der Waals surface area (Å²) in [5, 5.41) is 22.2. The molecule has 6 aliphatic rings. The molecule has 6 fully saturated rings. The van der Waals surface area contributed by atoms with E-state index >= 15 is 0 Å². The second-order valence-corrected chi connectivity index (χ2v) is 13.4. The number of aliphatic hydroxyl groups is 2. The summed E-state index contributed by atoms with van der Waals surface area (Å²) in [6, 6.07) is 0. The zero-order valence-corrected chi connectivity index (χ0v) is 20.9. The molecule has 4 heteroatoms. The molecule has 4 saturated carbocycles. The Morgan fingerprint density at radius 1 is 0.938 bits per heavy atom. The van der Waals surface area contributed by atoms with Crippen molar-refractivity contribution in [1.29, 1.82) is 0 Å². The minimum Gasteiger partial charge on any atom is -0.393 e. The van der Waals surface area contributed by atoms with Crippen LogP contribution in [0.4, 0.5) is 0 Å². The summed E-state index contributed by atoms with van der Waals surface area (Å²) >= 11 is 0. The van der Waals surface area contributed by atoms with Crippen LogP contribution in [0.5, 0.6) is 0 Å². The lowest BCUT2D eigenvalue weighted by Crippen LogP contribution is -2.68. The molecule has 0 aromatic carbocycles. The Morgan fingerprint density at radius 2 is 1.69 bits per heavy atom. The fourth-order valence-electron chi connectivity index (χ4n) is 9.76. The predicted octanol–water partition coefficient (Wildman–Crippen LogP) is 4.87. The van der Waals surface area contributed by atoms with Crippen molar-refractivity contribution >= 4 is 0 Å².